The fourth-order valence-electron chi connectivity index (χ4n) is 1.61. The van der Waals surface area contributed by atoms with Crippen molar-refractivity contribution < 1.29 is 17.9 Å². The topological polar surface area (TPSA) is 72.5 Å². The third kappa shape index (κ3) is 5.00. The fourth-order valence-corrected chi connectivity index (χ4v) is 3.08. The molecule has 0 aromatic heterocycles. The van der Waals surface area contributed by atoms with Crippen LogP contribution in [0.3, 0.4) is 0 Å². The van der Waals surface area contributed by atoms with E-state index < -0.39 is 22.0 Å². The number of nitrogens with one attached hydrogen (secondary N) is 1. The van der Waals surface area contributed by atoms with Crippen molar-refractivity contribution >= 4 is 16.0 Å². The summed E-state index contributed by atoms with van der Waals surface area (Å²) in [4.78, 5) is 11.5. The zero-order valence-corrected chi connectivity index (χ0v) is 12.1. The van der Waals surface area contributed by atoms with Gasteiger partial charge in [0.25, 0.3) is 0 Å². The zero-order valence-electron chi connectivity index (χ0n) is 11.3. The van der Waals surface area contributed by atoms with Gasteiger partial charge in [-0.25, -0.2) is 13.1 Å². The lowest BCUT2D eigenvalue weighted by molar-refractivity contribution is -0.143. The minimum Gasteiger partial charge on any atom is -0.468 e. The zero-order chi connectivity index (χ0) is 14.5. The monoisotopic (exact) mass is 285 g/mol. The van der Waals surface area contributed by atoms with Crippen LogP contribution < -0.4 is 4.72 Å². The van der Waals surface area contributed by atoms with E-state index in [1.54, 1.807) is 38.1 Å². The van der Waals surface area contributed by atoms with Gasteiger partial charge >= 0.3 is 5.97 Å². The number of hydrogen-bond acceptors (Lipinski definition) is 4. The third-order valence-electron chi connectivity index (χ3n) is 2.63. The van der Waals surface area contributed by atoms with Gasteiger partial charge in [0, 0.05) is 0 Å². The SMILES string of the molecule is COC(=O)C(NS(=O)(=O)Cc1ccccc1)C(C)C. The van der Waals surface area contributed by atoms with Crippen molar-refractivity contribution in [3.63, 3.8) is 0 Å². The molecule has 0 saturated heterocycles. The van der Waals surface area contributed by atoms with Crippen LogP contribution in [0, 0.1) is 5.92 Å². The normalized spacial score (nSPS) is 13.3. The summed E-state index contributed by atoms with van der Waals surface area (Å²) in [7, 11) is -2.35. The molecule has 106 valence electrons. The van der Waals surface area contributed by atoms with Crippen molar-refractivity contribution in [2.45, 2.75) is 25.6 Å². The first-order valence-corrected chi connectivity index (χ1v) is 7.62. The minimum atomic E-state index is -3.58. The van der Waals surface area contributed by atoms with Crippen molar-refractivity contribution in [3.8, 4) is 0 Å². The number of esters is 1. The maximum absolute atomic E-state index is 12.0. The molecule has 0 aliphatic carbocycles. The molecule has 19 heavy (non-hydrogen) atoms. The van der Waals surface area contributed by atoms with E-state index in [-0.39, 0.29) is 11.7 Å². The Hall–Kier alpha value is -1.40. The van der Waals surface area contributed by atoms with Crippen molar-refractivity contribution in [3.05, 3.63) is 35.9 Å². The van der Waals surface area contributed by atoms with Crippen molar-refractivity contribution in [2.75, 3.05) is 7.11 Å². The van der Waals surface area contributed by atoms with Gasteiger partial charge in [-0.1, -0.05) is 44.2 Å². The van der Waals surface area contributed by atoms with Crippen molar-refractivity contribution in [2.24, 2.45) is 5.92 Å². The molecular formula is C13H19NO4S. The highest BCUT2D eigenvalue weighted by atomic mass is 32.2. The summed E-state index contributed by atoms with van der Waals surface area (Å²) in [5.74, 6) is -0.918. The molecule has 0 aliphatic heterocycles. The predicted molar refractivity (Wildman–Crippen MR) is 72.8 cm³/mol. The number of benzene rings is 1. The Morgan fingerprint density at radius 3 is 2.32 bits per heavy atom. The van der Waals surface area contributed by atoms with E-state index >= 15 is 0 Å². The summed E-state index contributed by atoms with van der Waals surface area (Å²) in [6.45, 7) is 3.51. The molecule has 0 fully saturated rings. The lowest BCUT2D eigenvalue weighted by atomic mass is 10.1. The fraction of sp³-hybridized carbons (Fsp3) is 0.462. The highest BCUT2D eigenvalue weighted by Crippen LogP contribution is 2.09. The van der Waals surface area contributed by atoms with E-state index in [1.165, 1.54) is 7.11 Å². The molecule has 0 spiro atoms. The van der Waals surface area contributed by atoms with Crippen molar-refractivity contribution in [1.82, 2.24) is 4.72 Å². The van der Waals surface area contributed by atoms with Gasteiger partial charge in [0.05, 0.1) is 12.9 Å². The summed E-state index contributed by atoms with van der Waals surface area (Å²) < 4.78 is 31.0. The maximum Gasteiger partial charge on any atom is 0.324 e. The van der Waals surface area contributed by atoms with Crippen molar-refractivity contribution in [1.29, 1.82) is 0 Å². The Bertz CT molecular complexity index is 511. The first kappa shape index (κ1) is 15.7. The van der Waals surface area contributed by atoms with Crippen LogP contribution in [0.1, 0.15) is 19.4 Å². The summed E-state index contributed by atoms with van der Waals surface area (Å²) in [6, 6.07) is 7.94. The molecule has 1 atom stereocenters. The average molecular weight is 285 g/mol. The van der Waals surface area contributed by atoms with Crippen LogP contribution in [0.15, 0.2) is 30.3 Å². The molecule has 1 rings (SSSR count). The summed E-state index contributed by atoms with van der Waals surface area (Å²) in [6.07, 6.45) is 0. The Balaban J connectivity index is 2.80. The molecule has 0 amide bonds. The van der Waals surface area contributed by atoms with Crippen LogP contribution >= 0.6 is 0 Å². The van der Waals surface area contributed by atoms with Gasteiger partial charge < -0.3 is 4.74 Å². The first-order valence-electron chi connectivity index (χ1n) is 5.97. The van der Waals surface area contributed by atoms with Gasteiger partial charge in [-0.05, 0) is 11.5 Å². The lowest BCUT2D eigenvalue weighted by Gasteiger charge is -2.19. The highest BCUT2D eigenvalue weighted by molar-refractivity contribution is 7.88. The Kier molecular flexibility index (Phi) is 5.50. The number of ether oxygens (including phenoxy) is 1. The third-order valence-corrected chi connectivity index (χ3v) is 3.95. The maximum atomic E-state index is 12.0. The van der Waals surface area contributed by atoms with Gasteiger partial charge in [-0.2, -0.15) is 0 Å². The highest BCUT2D eigenvalue weighted by Gasteiger charge is 2.28. The second kappa shape index (κ2) is 6.68. The van der Waals surface area contributed by atoms with E-state index in [9.17, 15) is 13.2 Å². The van der Waals surface area contributed by atoms with Crippen LogP contribution in [-0.4, -0.2) is 27.5 Å². The van der Waals surface area contributed by atoms with Gasteiger partial charge in [0.15, 0.2) is 0 Å². The Morgan fingerprint density at radius 2 is 1.84 bits per heavy atom. The second-order valence-electron chi connectivity index (χ2n) is 4.61. The summed E-state index contributed by atoms with van der Waals surface area (Å²) in [5, 5.41) is 0. The Morgan fingerprint density at radius 1 is 1.26 bits per heavy atom. The van der Waals surface area contributed by atoms with Gasteiger partial charge in [-0.15, -0.1) is 0 Å². The molecule has 5 nitrogen and oxygen atoms in total. The Labute approximate surface area is 114 Å². The number of sulfonamides is 1. The molecule has 0 heterocycles. The van der Waals surface area contributed by atoms with E-state index in [2.05, 4.69) is 9.46 Å². The van der Waals surface area contributed by atoms with E-state index in [0.29, 0.717) is 5.56 Å². The molecular weight excluding hydrogens is 266 g/mol. The van der Waals surface area contributed by atoms with Gasteiger partial charge in [0.2, 0.25) is 10.0 Å². The molecule has 1 unspecified atom stereocenters. The number of methoxy groups -OCH3 is 1. The minimum absolute atomic E-state index is 0.159. The molecule has 1 aromatic rings. The smallest absolute Gasteiger partial charge is 0.324 e. The van der Waals surface area contributed by atoms with Crippen LogP contribution in [0.2, 0.25) is 0 Å². The number of carbonyl (C=O) groups is 1. The second-order valence-corrected chi connectivity index (χ2v) is 6.36. The van der Waals surface area contributed by atoms with Crippen LogP contribution in [-0.2, 0) is 25.3 Å². The standard InChI is InChI=1S/C13H19NO4S/c1-10(2)12(13(15)18-3)14-19(16,17)9-11-7-5-4-6-8-11/h4-8,10,12,14H,9H2,1-3H3. The molecule has 0 aliphatic rings. The van der Waals surface area contributed by atoms with Crippen LogP contribution in [0.5, 0.6) is 0 Å². The molecule has 0 radical (unpaired) electrons. The summed E-state index contributed by atoms with van der Waals surface area (Å²) >= 11 is 0. The largest absolute Gasteiger partial charge is 0.468 e. The van der Waals surface area contributed by atoms with Crippen LogP contribution in [0.25, 0.3) is 0 Å². The molecule has 0 saturated carbocycles. The molecule has 0 bridgehead atoms. The predicted octanol–water partition coefficient (Wildman–Crippen LogP) is 1.30. The van der Waals surface area contributed by atoms with E-state index in [0.717, 1.165) is 0 Å². The van der Waals surface area contributed by atoms with Crippen LogP contribution in [0.4, 0.5) is 0 Å². The quantitative estimate of drug-likeness (QED) is 0.800. The lowest BCUT2D eigenvalue weighted by Crippen LogP contribution is -2.45. The van der Waals surface area contributed by atoms with Gasteiger partial charge in [-0.3, -0.25) is 4.79 Å². The molecule has 1 aromatic carbocycles. The molecule has 6 heteroatoms. The van der Waals surface area contributed by atoms with E-state index in [1.807, 2.05) is 6.07 Å². The number of rotatable bonds is 6. The van der Waals surface area contributed by atoms with E-state index in [4.69, 9.17) is 0 Å². The van der Waals surface area contributed by atoms with Gasteiger partial charge in [0.1, 0.15) is 6.04 Å². The summed E-state index contributed by atoms with van der Waals surface area (Å²) in [5.41, 5.74) is 0.669. The molecule has 1 N–H and O–H groups in total. The number of hydrogen-bond donors (Lipinski definition) is 1. The number of carbonyl (C=O) groups excluding carboxylic acids is 1. The first-order chi connectivity index (χ1) is 8.85. The average Bonchev–Trinajstić information content (AvgIpc) is 2.35.